The Kier molecular flexibility index (Phi) is 5.39. The molecule has 3 rings (SSSR count). The van der Waals surface area contributed by atoms with Gasteiger partial charge in [-0.15, -0.1) is 0 Å². The van der Waals surface area contributed by atoms with Crippen LogP contribution in [0.3, 0.4) is 0 Å². The maximum atomic E-state index is 12.3. The van der Waals surface area contributed by atoms with E-state index in [-0.39, 0.29) is 12.5 Å². The van der Waals surface area contributed by atoms with Crippen LogP contribution in [0.4, 0.5) is 0 Å². The molecule has 3 N–H and O–H groups in total. The number of nitrogens with two attached hydrogens (primary N) is 1. The van der Waals surface area contributed by atoms with Crippen LogP contribution in [-0.4, -0.2) is 34.1 Å². The summed E-state index contributed by atoms with van der Waals surface area (Å²) in [5.41, 5.74) is 10.2. The number of carboxylic acid groups (broad SMARTS) is 1. The van der Waals surface area contributed by atoms with E-state index in [0.29, 0.717) is 4.43 Å². The number of rotatable bonds is 6. The minimum atomic E-state index is -1.34. The molecule has 0 aliphatic heterocycles. The molecular weight excluding hydrogens is 433 g/mol. The first-order valence-electron chi connectivity index (χ1n) is 7.93. The number of carbonyl (C=O) groups excluding carboxylic acids is 1. The predicted octanol–water partition coefficient (Wildman–Crippen LogP) is 2.81. The Morgan fingerprint density at radius 3 is 2.08 bits per heavy atom. The number of ether oxygens (including phenoxy) is 1. The van der Waals surface area contributed by atoms with E-state index in [0.717, 1.165) is 22.3 Å². The van der Waals surface area contributed by atoms with Gasteiger partial charge in [0.05, 0.1) is 0 Å². The normalized spacial score (nSPS) is 15.1. The maximum Gasteiger partial charge on any atom is 0.322 e. The maximum absolute atomic E-state index is 12.3. The van der Waals surface area contributed by atoms with Gasteiger partial charge in [-0.05, 0) is 22.3 Å². The summed E-state index contributed by atoms with van der Waals surface area (Å²) in [6, 6.07) is 15.2. The highest BCUT2D eigenvalue weighted by Gasteiger charge is 2.35. The molecule has 2 aromatic carbocycles. The number of alkyl halides is 1. The number of aliphatic carboxylic acids is 1. The van der Waals surface area contributed by atoms with E-state index < -0.39 is 23.9 Å². The molecule has 130 valence electrons. The number of carbonyl (C=O) groups is 2. The minimum absolute atomic E-state index is 0.0957. The van der Waals surface area contributed by atoms with Crippen LogP contribution in [0.25, 0.3) is 11.1 Å². The van der Waals surface area contributed by atoms with Crippen LogP contribution in [0.1, 0.15) is 17.0 Å². The van der Waals surface area contributed by atoms with Crippen LogP contribution in [-0.2, 0) is 14.3 Å². The molecule has 0 bridgehead atoms. The van der Waals surface area contributed by atoms with Crippen molar-refractivity contribution in [2.75, 3.05) is 11.0 Å². The number of benzene rings is 2. The van der Waals surface area contributed by atoms with Gasteiger partial charge in [0.15, 0.2) is 5.92 Å². The summed E-state index contributed by atoms with van der Waals surface area (Å²) in [5.74, 6) is -3.47. The fourth-order valence-corrected chi connectivity index (χ4v) is 3.75. The van der Waals surface area contributed by atoms with Gasteiger partial charge < -0.3 is 15.6 Å². The summed E-state index contributed by atoms with van der Waals surface area (Å²) in [7, 11) is 0. The summed E-state index contributed by atoms with van der Waals surface area (Å²) in [5, 5.41) is 9.27. The zero-order valence-electron chi connectivity index (χ0n) is 13.4. The molecule has 0 saturated heterocycles. The Morgan fingerprint density at radius 1 is 1.08 bits per heavy atom. The molecule has 0 heterocycles. The Morgan fingerprint density at radius 2 is 1.60 bits per heavy atom. The first-order valence-corrected chi connectivity index (χ1v) is 9.46. The fraction of sp³-hybridized carbons (Fsp3) is 0.263. The van der Waals surface area contributed by atoms with Crippen LogP contribution in [0, 0.1) is 5.92 Å². The molecule has 1 aliphatic carbocycles. The average molecular weight is 451 g/mol. The van der Waals surface area contributed by atoms with E-state index in [1.165, 1.54) is 0 Å². The second kappa shape index (κ2) is 7.53. The first-order chi connectivity index (χ1) is 12.0. The molecule has 0 spiro atoms. The fourth-order valence-electron chi connectivity index (χ4n) is 3.24. The summed E-state index contributed by atoms with van der Waals surface area (Å²) in [4.78, 5) is 23.6. The van der Waals surface area contributed by atoms with Gasteiger partial charge in [0, 0.05) is 16.4 Å². The standard InChI is InChI=1S/C19H18INO4/c20-9-16(21)17(18(22)23)19(24)25-10-15-13-7-3-1-5-11(13)12-6-2-4-8-14(12)15/h1-8,15-17H,9-10,21H2,(H,22,23). The van der Waals surface area contributed by atoms with Crippen molar-refractivity contribution >= 4 is 34.5 Å². The minimum Gasteiger partial charge on any atom is -0.481 e. The van der Waals surface area contributed by atoms with E-state index in [1.54, 1.807) is 0 Å². The van der Waals surface area contributed by atoms with Crippen molar-refractivity contribution in [3.63, 3.8) is 0 Å². The van der Waals surface area contributed by atoms with Gasteiger partial charge >= 0.3 is 11.9 Å². The summed E-state index contributed by atoms with van der Waals surface area (Å²) >= 11 is 1.97. The van der Waals surface area contributed by atoms with Crippen molar-refractivity contribution < 1.29 is 19.4 Å². The van der Waals surface area contributed by atoms with Crippen LogP contribution in [0.15, 0.2) is 48.5 Å². The van der Waals surface area contributed by atoms with Gasteiger partial charge in [-0.2, -0.15) is 0 Å². The van der Waals surface area contributed by atoms with Crippen molar-refractivity contribution in [2.45, 2.75) is 12.0 Å². The summed E-state index contributed by atoms with van der Waals surface area (Å²) < 4.78 is 5.74. The second-order valence-electron chi connectivity index (χ2n) is 5.99. The lowest BCUT2D eigenvalue weighted by molar-refractivity contribution is -0.159. The van der Waals surface area contributed by atoms with E-state index in [9.17, 15) is 14.7 Å². The Hall–Kier alpha value is -1.93. The average Bonchev–Trinajstić information content (AvgIpc) is 2.93. The van der Waals surface area contributed by atoms with Crippen LogP contribution in [0.5, 0.6) is 0 Å². The predicted molar refractivity (Wildman–Crippen MR) is 103 cm³/mol. The summed E-state index contributed by atoms with van der Waals surface area (Å²) in [6.07, 6.45) is 0. The monoisotopic (exact) mass is 451 g/mol. The van der Waals surface area contributed by atoms with Gasteiger partial charge in [-0.1, -0.05) is 71.1 Å². The number of carboxylic acids is 1. The second-order valence-corrected chi connectivity index (χ2v) is 6.87. The van der Waals surface area contributed by atoms with Gasteiger partial charge in [0.25, 0.3) is 0 Å². The highest BCUT2D eigenvalue weighted by molar-refractivity contribution is 14.1. The number of halogens is 1. The van der Waals surface area contributed by atoms with Crippen LogP contribution >= 0.6 is 22.6 Å². The molecule has 0 amide bonds. The molecule has 6 heteroatoms. The smallest absolute Gasteiger partial charge is 0.322 e. The number of hydrogen-bond donors (Lipinski definition) is 2. The largest absolute Gasteiger partial charge is 0.481 e. The lowest BCUT2D eigenvalue weighted by Gasteiger charge is -2.19. The van der Waals surface area contributed by atoms with Gasteiger partial charge in [-0.25, -0.2) is 0 Å². The van der Waals surface area contributed by atoms with Gasteiger partial charge in [0.2, 0.25) is 0 Å². The lowest BCUT2D eigenvalue weighted by atomic mass is 9.98. The molecule has 2 atom stereocenters. The van der Waals surface area contributed by atoms with E-state index in [4.69, 9.17) is 10.5 Å². The zero-order chi connectivity index (χ0) is 18.0. The van der Waals surface area contributed by atoms with Crippen molar-refractivity contribution in [3.8, 4) is 11.1 Å². The molecule has 0 aromatic heterocycles. The number of fused-ring (bicyclic) bond motifs is 3. The lowest BCUT2D eigenvalue weighted by Crippen LogP contribution is -2.43. The topological polar surface area (TPSA) is 89.6 Å². The zero-order valence-corrected chi connectivity index (χ0v) is 15.5. The van der Waals surface area contributed by atoms with E-state index in [2.05, 4.69) is 0 Å². The van der Waals surface area contributed by atoms with Gasteiger partial charge in [0.1, 0.15) is 6.61 Å². The summed E-state index contributed by atoms with van der Waals surface area (Å²) in [6.45, 7) is 0.102. The number of hydrogen-bond acceptors (Lipinski definition) is 4. The van der Waals surface area contributed by atoms with Crippen molar-refractivity contribution in [3.05, 3.63) is 59.7 Å². The third-order valence-electron chi connectivity index (χ3n) is 4.48. The molecule has 5 nitrogen and oxygen atoms in total. The molecule has 2 aromatic rings. The third kappa shape index (κ3) is 3.41. The van der Waals surface area contributed by atoms with E-state index in [1.807, 2.05) is 71.1 Å². The van der Waals surface area contributed by atoms with Crippen molar-refractivity contribution in [2.24, 2.45) is 11.7 Å². The third-order valence-corrected chi connectivity index (χ3v) is 5.50. The SMILES string of the molecule is NC(CI)C(C(=O)O)C(=O)OCC1c2ccccc2-c2ccccc21. The molecule has 2 unspecified atom stereocenters. The molecular formula is C19H18INO4. The highest BCUT2D eigenvalue weighted by Crippen LogP contribution is 2.44. The van der Waals surface area contributed by atoms with Crippen molar-refractivity contribution in [1.29, 1.82) is 0 Å². The Bertz CT molecular complexity index is 762. The van der Waals surface area contributed by atoms with Crippen LogP contribution in [0.2, 0.25) is 0 Å². The Balaban J connectivity index is 1.82. The molecule has 25 heavy (non-hydrogen) atoms. The number of esters is 1. The van der Waals surface area contributed by atoms with Crippen LogP contribution < -0.4 is 5.73 Å². The van der Waals surface area contributed by atoms with E-state index >= 15 is 0 Å². The first kappa shape index (κ1) is 17.9. The molecule has 0 radical (unpaired) electrons. The van der Waals surface area contributed by atoms with Gasteiger partial charge in [-0.3, -0.25) is 9.59 Å². The molecule has 1 aliphatic rings. The Labute approximate surface area is 159 Å². The van der Waals surface area contributed by atoms with Crippen molar-refractivity contribution in [1.82, 2.24) is 0 Å². The molecule has 0 fully saturated rings. The molecule has 0 saturated carbocycles. The highest BCUT2D eigenvalue weighted by atomic mass is 127. The quantitative estimate of drug-likeness (QED) is 0.305.